The smallest absolute Gasteiger partial charge is 0.128 e. The van der Waals surface area contributed by atoms with Gasteiger partial charge in [-0.1, -0.05) is 11.6 Å². The lowest BCUT2D eigenvalue weighted by molar-refractivity contribution is 0.315. The number of likely N-dealkylation sites (N-methyl/N-ethyl adjacent to an activating group) is 1. The van der Waals surface area contributed by atoms with Crippen LogP contribution in [0.5, 0.6) is 0 Å². The Kier molecular flexibility index (Phi) is 3.86. The van der Waals surface area contributed by atoms with E-state index in [1.807, 2.05) is 6.07 Å². The Morgan fingerprint density at radius 3 is 2.94 bits per heavy atom. The van der Waals surface area contributed by atoms with E-state index in [2.05, 4.69) is 28.9 Å². The molecule has 0 aliphatic carbocycles. The minimum Gasteiger partial charge on any atom is -0.355 e. The summed E-state index contributed by atoms with van der Waals surface area (Å²) in [5.41, 5.74) is 6.62. The summed E-state index contributed by atoms with van der Waals surface area (Å²) in [5.74, 6) is 0.985. The van der Waals surface area contributed by atoms with E-state index < -0.39 is 0 Å². The summed E-state index contributed by atoms with van der Waals surface area (Å²) in [4.78, 5) is 8.94. The third-order valence-corrected chi connectivity index (χ3v) is 3.70. The fraction of sp³-hybridized carbons (Fsp3) is 0.583. The summed E-state index contributed by atoms with van der Waals surface area (Å²) >= 11 is 6.01. The van der Waals surface area contributed by atoms with E-state index >= 15 is 0 Å². The fourth-order valence-electron chi connectivity index (χ4n) is 2.17. The molecule has 1 aromatic rings. The highest BCUT2D eigenvalue weighted by Gasteiger charge is 2.25. The van der Waals surface area contributed by atoms with E-state index in [0.717, 1.165) is 24.5 Å². The number of aromatic nitrogens is 1. The molecule has 1 aliphatic heterocycles. The maximum atomic E-state index is 6.01. The van der Waals surface area contributed by atoms with Gasteiger partial charge in [0, 0.05) is 31.9 Å². The van der Waals surface area contributed by atoms with Crippen LogP contribution in [0, 0.1) is 0 Å². The van der Waals surface area contributed by atoms with Crippen LogP contribution in [0.15, 0.2) is 12.3 Å². The highest BCUT2D eigenvalue weighted by atomic mass is 35.5. The van der Waals surface area contributed by atoms with E-state index in [9.17, 15) is 0 Å². The van der Waals surface area contributed by atoms with Crippen LogP contribution in [0.4, 0.5) is 5.82 Å². The lowest BCUT2D eigenvalue weighted by atomic mass is 10.2. The average molecular weight is 255 g/mol. The van der Waals surface area contributed by atoms with Crippen molar-refractivity contribution in [3.63, 3.8) is 0 Å². The number of anilines is 1. The van der Waals surface area contributed by atoms with Crippen molar-refractivity contribution in [1.82, 2.24) is 9.88 Å². The first kappa shape index (κ1) is 12.6. The molecule has 0 amide bonds. The Morgan fingerprint density at radius 1 is 1.59 bits per heavy atom. The molecule has 2 rings (SSSR count). The van der Waals surface area contributed by atoms with Crippen molar-refractivity contribution in [3.8, 4) is 0 Å². The molecule has 2 N–H and O–H groups in total. The summed E-state index contributed by atoms with van der Waals surface area (Å²) in [5, 5.41) is 0.652. The molecule has 5 heteroatoms. The van der Waals surface area contributed by atoms with E-state index in [0.29, 0.717) is 17.6 Å². The van der Waals surface area contributed by atoms with Crippen LogP contribution >= 0.6 is 11.6 Å². The predicted molar refractivity (Wildman–Crippen MR) is 71.4 cm³/mol. The van der Waals surface area contributed by atoms with Crippen molar-refractivity contribution in [2.45, 2.75) is 19.0 Å². The van der Waals surface area contributed by atoms with E-state index in [4.69, 9.17) is 17.3 Å². The molecule has 1 unspecified atom stereocenters. The summed E-state index contributed by atoms with van der Waals surface area (Å²) in [7, 11) is 4.24. The van der Waals surface area contributed by atoms with Crippen LogP contribution < -0.4 is 10.6 Å². The second kappa shape index (κ2) is 5.21. The summed E-state index contributed by atoms with van der Waals surface area (Å²) < 4.78 is 0. The number of hydrogen-bond donors (Lipinski definition) is 1. The van der Waals surface area contributed by atoms with Gasteiger partial charge in [0.1, 0.15) is 5.82 Å². The van der Waals surface area contributed by atoms with E-state index in [1.165, 1.54) is 6.42 Å². The number of pyridine rings is 1. The van der Waals surface area contributed by atoms with Crippen LogP contribution in [-0.2, 0) is 6.54 Å². The second-order valence-electron chi connectivity index (χ2n) is 4.69. The van der Waals surface area contributed by atoms with Gasteiger partial charge in [0.15, 0.2) is 0 Å². The van der Waals surface area contributed by atoms with Gasteiger partial charge in [-0.25, -0.2) is 4.98 Å². The van der Waals surface area contributed by atoms with Crippen LogP contribution in [0.25, 0.3) is 0 Å². The van der Waals surface area contributed by atoms with Crippen molar-refractivity contribution in [3.05, 3.63) is 22.8 Å². The van der Waals surface area contributed by atoms with Gasteiger partial charge in [0.2, 0.25) is 0 Å². The molecule has 0 saturated carbocycles. The minimum absolute atomic E-state index is 0.458. The molecule has 17 heavy (non-hydrogen) atoms. The topological polar surface area (TPSA) is 45.4 Å². The van der Waals surface area contributed by atoms with Crippen molar-refractivity contribution < 1.29 is 0 Å². The maximum Gasteiger partial charge on any atom is 0.128 e. The van der Waals surface area contributed by atoms with Gasteiger partial charge < -0.3 is 15.5 Å². The lowest BCUT2D eigenvalue weighted by Gasteiger charge is -2.21. The van der Waals surface area contributed by atoms with Crippen LogP contribution in [0.1, 0.15) is 12.0 Å². The monoisotopic (exact) mass is 254 g/mol. The molecule has 0 aromatic carbocycles. The molecule has 4 nitrogen and oxygen atoms in total. The second-order valence-corrected chi connectivity index (χ2v) is 5.10. The number of nitrogens with zero attached hydrogens (tertiary/aromatic N) is 3. The third-order valence-electron chi connectivity index (χ3n) is 3.36. The molecule has 1 atom stereocenters. The zero-order valence-electron chi connectivity index (χ0n) is 10.4. The fourth-order valence-corrected chi connectivity index (χ4v) is 2.35. The highest BCUT2D eigenvalue weighted by Crippen LogP contribution is 2.24. The van der Waals surface area contributed by atoms with Gasteiger partial charge in [-0.15, -0.1) is 0 Å². The Bertz CT molecular complexity index is 394. The number of halogens is 1. The number of nitrogens with two attached hydrogens (primary N) is 1. The van der Waals surface area contributed by atoms with Gasteiger partial charge in [0.05, 0.1) is 5.02 Å². The largest absolute Gasteiger partial charge is 0.355 e. The van der Waals surface area contributed by atoms with Gasteiger partial charge >= 0.3 is 0 Å². The van der Waals surface area contributed by atoms with Gasteiger partial charge in [-0.3, -0.25) is 0 Å². The quantitative estimate of drug-likeness (QED) is 0.884. The molecule has 1 aromatic heterocycles. The summed E-state index contributed by atoms with van der Waals surface area (Å²) in [6.07, 6.45) is 2.87. The molecule has 0 spiro atoms. The SMILES string of the molecule is CN(C)C1CCN(c2cc(CN)c(Cl)cn2)C1. The Balaban J connectivity index is 2.13. The Hall–Kier alpha value is -0.840. The van der Waals surface area contributed by atoms with Gasteiger partial charge in [-0.2, -0.15) is 0 Å². The van der Waals surface area contributed by atoms with E-state index in [-0.39, 0.29) is 0 Å². The molecule has 1 aliphatic rings. The average Bonchev–Trinajstić information content (AvgIpc) is 2.79. The molecular formula is C12H19ClN4. The number of rotatable bonds is 3. The molecular weight excluding hydrogens is 236 g/mol. The third kappa shape index (κ3) is 2.70. The molecule has 0 radical (unpaired) electrons. The summed E-state index contributed by atoms with van der Waals surface area (Å²) in [6.45, 7) is 2.52. The van der Waals surface area contributed by atoms with Crippen molar-refractivity contribution in [2.24, 2.45) is 5.73 Å². The van der Waals surface area contributed by atoms with Gasteiger partial charge in [0.25, 0.3) is 0 Å². The first-order valence-electron chi connectivity index (χ1n) is 5.87. The van der Waals surface area contributed by atoms with Crippen LogP contribution in [-0.4, -0.2) is 43.1 Å². The predicted octanol–water partition coefficient (Wildman–Crippen LogP) is 1.33. The van der Waals surface area contributed by atoms with E-state index in [1.54, 1.807) is 6.20 Å². The number of hydrogen-bond acceptors (Lipinski definition) is 4. The Morgan fingerprint density at radius 2 is 2.35 bits per heavy atom. The molecule has 1 fully saturated rings. The first-order valence-corrected chi connectivity index (χ1v) is 6.25. The van der Waals surface area contributed by atoms with Gasteiger partial charge in [-0.05, 0) is 32.1 Å². The highest BCUT2D eigenvalue weighted by molar-refractivity contribution is 6.31. The lowest BCUT2D eigenvalue weighted by Crippen LogP contribution is -2.31. The summed E-state index contributed by atoms with van der Waals surface area (Å²) in [6, 6.07) is 2.61. The Labute approximate surface area is 107 Å². The zero-order chi connectivity index (χ0) is 12.4. The van der Waals surface area contributed by atoms with Crippen molar-refractivity contribution >= 4 is 17.4 Å². The van der Waals surface area contributed by atoms with Crippen molar-refractivity contribution in [2.75, 3.05) is 32.1 Å². The molecule has 2 heterocycles. The maximum absolute atomic E-state index is 6.01. The zero-order valence-corrected chi connectivity index (χ0v) is 11.1. The minimum atomic E-state index is 0.458. The van der Waals surface area contributed by atoms with Crippen LogP contribution in [0.2, 0.25) is 5.02 Å². The molecule has 94 valence electrons. The first-order chi connectivity index (χ1) is 8.11. The normalized spacial score (nSPS) is 20.3. The van der Waals surface area contributed by atoms with Crippen molar-refractivity contribution in [1.29, 1.82) is 0 Å². The molecule has 1 saturated heterocycles. The molecule has 0 bridgehead atoms. The van der Waals surface area contributed by atoms with Crippen LogP contribution in [0.3, 0.4) is 0 Å². The standard InChI is InChI=1S/C12H19ClN4/c1-16(2)10-3-4-17(8-10)12-5-9(6-14)11(13)7-15-12/h5,7,10H,3-4,6,8,14H2,1-2H3.